The van der Waals surface area contributed by atoms with E-state index in [1.807, 2.05) is 22.5 Å². The van der Waals surface area contributed by atoms with Crippen molar-refractivity contribution in [2.24, 2.45) is 0 Å². The Kier molecular flexibility index (Phi) is 3.84. The zero-order valence-corrected chi connectivity index (χ0v) is 13.2. The minimum atomic E-state index is 0.112. The molecule has 2 heterocycles. The summed E-state index contributed by atoms with van der Waals surface area (Å²) in [5.74, 6) is 0.541. The third kappa shape index (κ3) is 2.88. The Morgan fingerprint density at radius 1 is 1.10 bits per heavy atom. The Morgan fingerprint density at radius 2 is 1.86 bits per heavy atom. The van der Waals surface area contributed by atoms with E-state index >= 15 is 0 Å². The summed E-state index contributed by atoms with van der Waals surface area (Å²) < 4.78 is 1.87. The molecule has 5 heteroatoms. The number of hydrogen-bond donors (Lipinski definition) is 0. The summed E-state index contributed by atoms with van der Waals surface area (Å²) >= 11 is 1.64. The Hall–Kier alpha value is -2.01. The van der Waals surface area contributed by atoms with Crippen LogP contribution in [0.25, 0.3) is 11.3 Å². The molecule has 0 aliphatic rings. The molecular formula is C16H18N4S. The lowest BCUT2D eigenvalue weighted by atomic mass is 10.0. The minimum Gasteiger partial charge on any atom is -0.247 e. The van der Waals surface area contributed by atoms with Crippen LogP contribution in [0.1, 0.15) is 43.3 Å². The summed E-state index contributed by atoms with van der Waals surface area (Å²) in [6.45, 7) is 6.47. The van der Waals surface area contributed by atoms with Gasteiger partial charge in [0.15, 0.2) is 0 Å². The van der Waals surface area contributed by atoms with E-state index in [-0.39, 0.29) is 6.04 Å². The fraction of sp³-hybridized carbons (Fsp3) is 0.312. The van der Waals surface area contributed by atoms with Gasteiger partial charge in [0.2, 0.25) is 0 Å². The first kappa shape index (κ1) is 13.9. The van der Waals surface area contributed by atoms with Crippen molar-refractivity contribution in [2.45, 2.75) is 32.7 Å². The smallest absolute Gasteiger partial charge is 0.117 e. The van der Waals surface area contributed by atoms with E-state index in [1.54, 1.807) is 11.3 Å². The highest BCUT2D eigenvalue weighted by molar-refractivity contribution is 7.09. The monoisotopic (exact) mass is 298 g/mol. The number of rotatable bonds is 4. The van der Waals surface area contributed by atoms with Crippen LogP contribution < -0.4 is 0 Å². The van der Waals surface area contributed by atoms with E-state index in [0.29, 0.717) is 5.92 Å². The molecule has 0 radical (unpaired) electrons. The zero-order chi connectivity index (χ0) is 14.8. The van der Waals surface area contributed by atoms with E-state index < -0.39 is 0 Å². The molecule has 0 amide bonds. The summed E-state index contributed by atoms with van der Waals surface area (Å²) in [4.78, 5) is 4.34. The molecular weight excluding hydrogens is 280 g/mol. The van der Waals surface area contributed by atoms with Crippen molar-refractivity contribution in [3.8, 4) is 11.3 Å². The number of hydrogen-bond acceptors (Lipinski definition) is 4. The summed E-state index contributed by atoms with van der Waals surface area (Å²) in [5.41, 5.74) is 3.33. The maximum Gasteiger partial charge on any atom is 0.117 e. The Balaban J connectivity index is 1.84. The molecule has 0 aliphatic heterocycles. The van der Waals surface area contributed by atoms with Crippen molar-refractivity contribution >= 4 is 11.3 Å². The third-order valence-electron chi connectivity index (χ3n) is 3.59. The average Bonchev–Trinajstić information content (AvgIpc) is 3.18. The van der Waals surface area contributed by atoms with Crippen LogP contribution in [0.3, 0.4) is 0 Å². The van der Waals surface area contributed by atoms with E-state index in [4.69, 9.17) is 0 Å². The fourth-order valence-corrected chi connectivity index (χ4v) is 2.88. The van der Waals surface area contributed by atoms with Crippen molar-refractivity contribution in [2.75, 3.05) is 0 Å². The molecule has 21 heavy (non-hydrogen) atoms. The molecule has 0 aliphatic carbocycles. The van der Waals surface area contributed by atoms with Crippen LogP contribution in [0.5, 0.6) is 0 Å². The fourth-order valence-electron chi connectivity index (χ4n) is 2.19. The van der Waals surface area contributed by atoms with Gasteiger partial charge in [0.25, 0.3) is 0 Å². The molecule has 0 N–H and O–H groups in total. The second-order valence-electron chi connectivity index (χ2n) is 5.41. The van der Waals surface area contributed by atoms with Gasteiger partial charge in [-0.3, -0.25) is 0 Å². The van der Waals surface area contributed by atoms with Gasteiger partial charge in [0.1, 0.15) is 16.7 Å². The van der Waals surface area contributed by atoms with Crippen LogP contribution in [0, 0.1) is 0 Å². The van der Waals surface area contributed by atoms with Crippen molar-refractivity contribution < 1.29 is 0 Å². The number of nitrogens with zero attached hydrogens (tertiary/aromatic N) is 4. The molecule has 0 saturated carbocycles. The molecule has 108 valence electrons. The normalized spacial score (nSPS) is 12.8. The molecule has 0 saturated heterocycles. The van der Waals surface area contributed by atoms with Crippen molar-refractivity contribution in [1.29, 1.82) is 0 Å². The number of aromatic nitrogens is 4. The molecule has 3 rings (SSSR count). The van der Waals surface area contributed by atoms with Gasteiger partial charge in [0.05, 0.1) is 6.20 Å². The predicted octanol–water partition coefficient (Wildman–Crippen LogP) is 4.13. The maximum atomic E-state index is 4.34. The first-order valence-corrected chi connectivity index (χ1v) is 7.94. The summed E-state index contributed by atoms with van der Waals surface area (Å²) in [5, 5.41) is 11.5. The lowest BCUT2D eigenvalue weighted by molar-refractivity contribution is 0.541. The molecule has 0 unspecified atom stereocenters. The summed E-state index contributed by atoms with van der Waals surface area (Å²) in [6.07, 6.45) is 3.80. The van der Waals surface area contributed by atoms with Gasteiger partial charge in [-0.25, -0.2) is 9.67 Å². The topological polar surface area (TPSA) is 43.6 Å². The zero-order valence-electron chi connectivity index (χ0n) is 12.4. The van der Waals surface area contributed by atoms with Crippen LogP contribution in [-0.2, 0) is 0 Å². The van der Waals surface area contributed by atoms with Crippen LogP contribution in [0.4, 0.5) is 0 Å². The van der Waals surface area contributed by atoms with Crippen LogP contribution in [0.15, 0.2) is 42.0 Å². The van der Waals surface area contributed by atoms with Gasteiger partial charge in [0, 0.05) is 17.1 Å². The average molecular weight is 298 g/mol. The predicted molar refractivity (Wildman–Crippen MR) is 85.5 cm³/mol. The maximum absolute atomic E-state index is 4.34. The van der Waals surface area contributed by atoms with Crippen molar-refractivity contribution in [1.82, 2.24) is 20.0 Å². The molecule has 1 atom stereocenters. The van der Waals surface area contributed by atoms with Gasteiger partial charge in [-0.15, -0.1) is 16.4 Å². The van der Waals surface area contributed by atoms with Crippen LogP contribution >= 0.6 is 11.3 Å². The first-order chi connectivity index (χ1) is 10.1. The third-order valence-corrected chi connectivity index (χ3v) is 4.53. The highest BCUT2D eigenvalue weighted by Crippen LogP contribution is 2.23. The molecule has 4 nitrogen and oxygen atoms in total. The van der Waals surface area contributed by atoms with E-state index in [9.17, 15) is 0 Å². The lowest BCUT2D eigenvalue weighted by Gasteiger charge is -2.07. The van der Waals surface area contributed by atoms with Gasteiger partial charge < -0.3 is 0 Å². The highest BCUT2D eigenvalue weighted by Gasteiger charge is 2.13. The van der Waals surface area contributed by atoms with Crippen LogP contribution in [0.2, 0.25) is 0 Å². The summed E-state index contributed by atoms with van der Waals surface area (Å²) in [7, 11) is 0. The second-order valence-corrected chi connectivity index (χ2v) is 6.33. The Morgan fingerprint density at radius 3 is 2.48 bits per heavy atom. The molecule has 1 aromatic carbocycles. The van der Waals surface area contributed by atoms with Gasteiger partial charge in [-0.1, -0.05) is 43.3 Å². The van der Waals surface area contributed by atoms with Gasteiger partial charge >= 0.3 is 0 Å². The molecule has 3 aromatic rings. The second kappa shape index (κ2) is 5.77. The first-order valence-electron chi connectivity index (χ1n) is 7.06. The summed E-state index contributed by atoms with van der Waals surface area (Å²) in [6, 6.07) is 8.64. The highest BCUT2D eigenvalue weighted by atomic mass is 32.1. The quantitative estimate of drug-likeness (QED) is 0.727. The van der Waals surface area contributed by atoms with Crippen molar-refractivity contribution in [3.63, 3.8) is 0 Å². The Bertz CT molecular complexity index is 698. The molecule has 0 spiro atoms. The number of thiazole rings is 1. The van der Waals surface area contributed by atoms with Gasteiger partial charge in [-0.05, 0) is 18.4 Å². The number of benzene rings is 1. The standard InChI is InChI=1S/C16H18N4S/c1-11(2)13-4-6-14(7-5-13)15-10-20(19-18-15)12(3)16-17-8-9-21-16/h4-12H,1-3H3/t12-/m0/s1. The Labute approximate surface area is 128 Å². The lowest BCUT2D eigenvalue weighted by Crippen LogP contribution is -2.06. The molecule has 0 bridgehead atoms. The molecule has 0 fully saturated rings. The minimum absolute atomic E-state index is 0.112. The van der Waals surface area contributed by atoms with Gasteiger partial charge in [-0.2, -0.15) is 0 Å². The van der Waals surface area contributed by atoms with E-state index in [1.165, 1.54) is 5.56 Å². The van der Waals surface area contributed by atoms with Crippen molar-refractivity contribution in [3.05, 3.63) is 52.6 Å². The van der Waals surface area contributed by atoms with E-state index in [0.717, 1.165) is 16.3 Å². The van der Waals surface area contributed by atoms with E-state index in [2.05, 4.69) is 60.3 Å². The largest absolute Gasteiger partial charge is 0.247 e. The van der Waals surface area contributed by atoms with Crippen LogP contribution in [-0.4, -0.2) is 20.0 Å². The SMILES string of the molecule is CC(C)c1ccc(-c2cn([C@@H](C)c3nccs3)nn2)cc1. The molecule has 2 aromatic heterocycles.